The number of anilines is 2. The molecule has 1 aliphatic rings. The second kappa shape index (κ2) is 11.7. The Morgan fingerprint density at radius 1 is 0.956 bits per heavy atom. The summed E-state index contributed by atoms with van der Waals surface area (Å²) in [5.41, 5.74) is 4.54. The van der Waals surface area contributed by atoms with Gasteiger partial charge in [0.2, 0.25) is 5.91 Å². The first-order chi connectivity index (χ1) is 21.8. The molecule has 0 bridgehead atoms. The molecule has 1 saturated carbocycles. The van der Waals surface area contributed by atoms with E-state index >= 15 is 4.39 Å². The predicted octanol–water partition coefficient (Wildman–Crippen LogP) is 5.62. The van der Waals surface area contributed by atoms with Crippen molar-refractivity contribution in [3.63, 3.8) is 0 Å². The number of fused-ring (bicyclic) bond motifs is 2. The van der Waals surface area contributed by atoms with E-state index < -0.39 is 11.6 Å². The molecule has 1 aliphatic carbocycles. The van der Waals surface area contributed by atoms with Crippen LogP contribution < -0.4 is 10.6 Å². The second-order valence-corrected chi connectivity index (χ2v) is 11.5. The van der Waals surface area contributed by atoms with Gasteiger partial charge in [-0.3, -0.25) is 24.8 Å². The number of nitrogens with zero attached hydrogens (tertiary/aromatic N) is 6. The molecule has 228 valence electrons. The predicted molar refractivity (Wildman–Crippen MR) is 168 cm³/mol. The zero-order chi connectivity index (χ0) is 31.1. The molecule has 7 rings (SSSR count). The van der Waals surface area contributed by atoms with E-state index in [2.05, 4.69) is 40.8 Å². The molecule has 45 heavy (non-hydrogen) atoms. The van der Waals surface area contributed by atoms with Crippen molar-refractivity contribution >= 4 is 39.2 Å². The highest BCUT2D eigenvalue weighted by Crippen LogP contribution is 2.35. The number of likely N-dealkylation sites (N-methyl/N-ethyl adjacent to an activating group) is 1. The van der Waals surface area contributed by atoms with E-state index in [1.165, 1.54) is 30.7 Å². The van der Waals surface area contributed by atoms with Crippen molar-refractivity contribution in [2.24, 2.45) is 5.92 Å². The average molecular weight is 609 g/mol. The molecule has 0 unspecified atom stereocenters. The summed E-state index contributed by atoms with van der Waals surface area (Å²) in [5.74, 6) is -0.760. The summed E-state index contributed by atoms with van der Waals surface area (Å²) in [7, 11) is 3.94. The van der Waals surface area contributed by atoms with E-state index in [0.29, 0.717) is 57.0 Å². The van der Waals surface area contributed by atoms with Crippen LogP contribution in [-0.2, 0) is 4.79 Å². The van der Waals surface area contributed by atoms with E-state index in [9.17, 15) is 9.18 Å². The van der Waals surface area contributed by atoms with Gasteiger partial charge in [0.25, 0.3) is 0 Å². The van der Waals surface area contributed by atoms with E-state index in [0.717, 1.165) is 25.8 Å². The highest BCUT2D eigenvalue weighted by molar-refractivity contribution is 5.98. The Bertz CT molecular complexity index is 2050. The number of H-pyrrole nitrogens is 2. The molecule has 0 spiro atoms. The van der Waals surface area contributed by atoms with Crippen LogP contribution in [0.3, 0.4) is 0 Å². The summed E-state index contributed by atoms with van der Waals surface area (Å²) in [5, 5.41) is 13.5. The number of imidazole rings is 1. The number of benzene rings is 1. The van der Waals surface area contributed by atoms with Gasteiger partial charge in [0.15, 0.2) is 11.6 Å². The molecule has 5 aromatic heterocycles. The molecule has 1 aromatic carbocycles. The fourth-order valence-corrected chi connectivity index (χ4v) is 5.43. The molecule has 11 nitrogen and oxygen atoms in total. The molecule has 0 radical (unpaired) electrons. The minimum atomic E-state index is -0.613. The van der Waals surface area contributed by atoms with Crippen molar-refractivity contribution in [1.82, 2.24) is 40.0 Å². The summed E-state index contributed by atoms with van der Waals surface area (Å²) in [4.78, 5) is 35.3. The smallest absolute Gasteiger partial charge is 0.227 e. The van der Waals surface area contributed by atoms with Crippen molar-refractivity contribution in [3.8, 4) is 33.9 Å². The van der Waals surface area contributed by atoms with E-state index in [-0.39, 0.29) is 28.6 Å². The number of pyridine rings is 3. The van der Waals surface area contributed by atoms with Gasteiger partial charge in [-0.2, -0.15) is 5.10 Å². The van der Waals surface area contributed by atoms with Gasteiger partial charge in [-0.25, -0.2) is 13.8 Å². The van der Waals surface area contributed by atoms with Crippen molar-refractivity contribution in [3.05, 3.63) is 66.9 Å². The summed E-state index contributed by atoms with van der Waals surface area (Å²) in [6.07, 6.45) is 10.5. The van der Waals surface area contributed by atoms with Gasteiger partial charge < -0.3 is 20.5 Å². The quantitative estimate of drug-likeness (QED) is 0.166. The number of halogens is 2. The van der Waals surface area contributed by atoms with Crippen molar-refractivity contribution < 1.29 is 13.6 Å². The lowest BCUT2D eigenvalue weighted by Gasteiger charge is -2.24. The van der Waals surface area contributed by atoms with E-state index in [1.807, 2.05) is 25.1 Å². The highest BCUT2D eigenvalue weighted by Gasteiger charge is 2.26. The number of hydrogen-bond donors (Lipinski definition) is 4. The number of nitrogens with one attached hydrogen (secondary N) is 4. The monoisotopic (exact) mass is 608 g/mol. The standard InChI is InChI=1S/C32H30F2N10O/c1-44(2)7-6-37-21-9-18(8-20(33)11-21)23-14-36-15-25-29(23)41-31(40-25)30-26-24(42-43-30)16-38-28(27(26)34)19-10-22(13-35-12-19)39-32(45)17-4-3-5-17/h8-17,37H,3-7H2,1-2H3,(H,39,45)(H,40,41)(H,42,43). The Morgan fingerprint density at radius 3 is 2.58 bits per heavy atom. The summed E-state index contributed by atoms with van der Waals surface area (Å²) in [6, 6.07) is 6.38. The number of amides is 1. The van der Waals surface area contributed by atoms with Crippen LogP contribution in [0.25, 0.3) is 55.8 Å². The third-order valence-electron chi connectivity index (χ3n) is 8.02. The molecule has 4 N–H and O–H groups in total. The molecule has 0 atom stereocenters. The number of carbonyl (C=O) groups excluding carboxylic acids is 1. The molecule has 1 amide bonds. The largest absolute Gasteiger partial charge is 0.384 e. The molecule has 13 heteroatoms. The lowest BCUT2D eigenvalue weighted by molar-refractivity contribution is -0.122. The Hall–Kier alpha value is -5.30. The van der Waals surface area contributed by atoms with Gasteiger partial charge in [0.05, 0.1) is 46.2 Å². The van der Waals surface area contributed by atoms with Gasteiger partial charge in [-0.1, -0.05) is 6.42 Å². The number of aromatic nitrogens is 7. The molecule has 1 fully saturated rings. The maximum atomic E-state index is 16.2. The Kier molecular flexibility index (Phi) is 7.37. The highest BCUT2D eigenvalue weighted by atomic mass is 19.1. The normalized spacial score (nSPS) is 13.4. The first kappa shape index (κ1) is 28.5. The van der Waals surface area contributed by atoms with E-state index in [4.69, 9.17) is 4.98 Å². The van der Waals surface area contributed by atoms with Crippen LogP contribution in [0.4, 0.5) is 20.2 Å². The average Bonchev–Trinajstić information content (AvgIpc) is 3.61. The van der Waals surface area contributed by atoms with Crippen molar-refractivity contribution in [2.45, 2.75) is 19.3 Å². The van der Waals surface area contributed by atoms with Gasteiger partial charge in [-0.15, -0.1) is 0 Å². The number of rotatable bonds is 9. The van der Waals surface area contributed by atoms with Crippen LogP contribution in [0.2, 0.25) is 0 Å². The van der Waals surface area contributed by atoms with Gasteiger partial charge in [0.1, 0.15) is 17.2 Å². The SMILES string of the molecule is CN(C)CCNc1cc(F)cc(-c2cncc3[nH]c(-c4n[nH]c5cnc(-c6cncc(NC(=O)C7CCC7)c6)c(F)c45)nc23)c1. The Morgan fingerprint density at radius 2 is 1.78 bits per heavy atom. The third kappa shape index (κ3) is 5.57. The summed E-state index contributed by atoms with van der Waals surface area (Å²) in [6.45, 7) is 1.44. The van der Waals surface area contributed by atoms with Crippen LogP contribution in [0, 0.1) is 17.6 Å². The van der Waals surface area contributed by atoms with Gasteiger partial charge in [-0.05, 0) is 56.8 Å². The van der Waals surface area contributed by atoms with Crippen LogP contribution >= 0.6 is 0 Å². The summed E-state index contributed by atoms with van der Waals surface area (Å²) >= 11 is 0. The molecular weight excluding hydrogens is 578 g/mol. The first-order valence-corrected chi connectivity index (χ1v) is 14.7. The Balaban J connectivity index is 1.24. The minimum absolute atomic E-state index is 0.000552. The number of hydrogen-bond acceptors (Lipinski definition) is 8. The molecule has 0 aliphatic heterocycles. The van der Waals surface area contributed by atoms with Gasteiger partial charge >= 0.3 is 0 Å². The van der Waals surface area contributed by atoms with Gasteiger partial charge in [0, 0.05) is 48.2 Å². The fraction of sp³-hybridized carbons (Fsp3) is 0.250. The van der Waals surface area contributed by atoms with Crippen LogP contribution in [-0.4, -0.2) is 73.1 Å². The van der Waals surface area contributed by atoms with E-state index in [1.54, 1.807) is 18.5 Å². The molecule has 5 heterocycles. The van der Waals surface area contributed by atoms with Crippen molar-refractivity contribution in [2.75, 3.05) is 37.8 Å². The lowest BCUT2D eigenvalue weighted by atomic mass is 9.85. The zero-order valence-corrected chi connectivity index (χ0v) is 24.7. The van der Waals surface area contributed by atoms with Crippen LogP contribution in [0.1, 0.15) is 19.3 Å². The maximum Gasteiger partial charge on any atom is 0.227 e. The molecule has 0 saturated heterocycles. The maximum absolute atomic E-state index is 16.2. The molecule has 6 aromatic rings. The zero-order valence-electron chi connectivity index (χ0n) is 24.7. The first-order valence-electron chi connectivity index (χ1n) is 14.7. The lowest BCUT2D eigenvalue weighted by Crippen LogP contribution is -2.28. The topological polar surface area (TPSA) is 140 Å². The Labute approximate surface area is 256 Å². The minimum Gasteiger partial charge on any atom is -0.384 e. The fourth-order valence-electron chi connectivity index (χ4n) is 5.43. The number of carbonyl (C=O) groups is 1. The third-order valence-corrected chi connectivity index (χ3v) is 8.02. The van der Waals surface area contributed by atoms with Crippen LogP contribution in [0.5, 0.6) is 0 Å². The second-order valence-electron chi connectivity index (χ2n) is 11.5. The van der Waals surface area contributed by atoms with Crippen LogP contribution in [0.15, 0.2) is 55.2 Å². The number of aromatic amines is 2. The summed E-state index contributed by atoms with van der Waals surface area (Å²) < 4.78 is 30.9. The molecular formula is C32H30F2N10O. The van der Waals surface area contributed by atoms with Crippen molar-refractivity contribution in [1.29, 1.82) is 0 Å².